The van der Waals surface area contributed by atoms with Crippen LogP contribution in [0.1, 0.15) is 71.3 Å². The number of aliphatic hydroxyl groups is 1. The molecule has 162 valence electrons. The molecule has 29 heavy (non-hydrogen) atoms. The molecule has 0 amide bonds. The van der Waals surface area contributed by atoms with E-state index in [2.05, 4.69) is 51.2 Å². The van der Waals surface area contributed by atoms with Crippen molar-refractivity contribution in [2.45, 2.75) is 95.0 Å². The number of halogens is 1. The van der Waals surface area contributed by atoms with Crippen molar-refractivity contribution in [2.24, 2.45) is 0 Å². The van der Waals surface area contributed by atoms with Crippen LogP contribution in [0.25, 0.3) is 0 Å². The summed E-state index contributed by atoms with van der Waals surface area (Å²) in [6.07, 6.45) is 5.87. The van der Waals surface area contributed by atoms with Gasteiger partial charge in [0.1, 0.15) is 13.9 Å². The molecule has 1 aliphatic rings. The zero-order valence-corrected chi connectivity index (χ0v) is 20.2. The molecular weight excluding hydrogens is 377 g/mol. The summed E-state index contributed by atoms with van der Waals surface area (Å²) in [6, 6.07) is 10.7. The highest BCUT2D eigenvalue weighted by Gasteiger charge is 2.43. The quantitative estimate of drug-likeness (QED) is 0.313. The van der Waals surface area contributed by atoms with E-state index < -0.39 is 13.7 Å². The Balaban J connectivity index is 1.96. The van der Waals surface area contributed by atoms with E-state index in [4.69, 9.17) is 0 Å². The van der Waals surface area contributed by atoms with Gasteiger partial charge in [-0.3, -0.25) is 4.90 Å². The molecule has 0 spiro atoms. The van der Waals surface area contributed by atoms with Crippen molar-refractivity contribution < 1.29 is 9.50 Å². The van der Waals surface area contributed by atoms with Gasteiger partial charge in [-0.05, 0) is 88.4 Å². The monoisotopic (exact) mass is 417 g/mol. The van der Waals surface area contributed by atoms with E-state index in [0.29, 0.717) is 0 Å². The van der Waals surface area contributed by atoms with E-state index in [9.17, 15) is 9.50 Å². The van der Waals surface area contributed by atoms with Gasteiger partial charge in [-0.25, -0.2) is 4.39 Å². The van der Waals surface area contributed by atoms with Crippen LogP contribution in [0.2, 0.25) is 18.1 Å². The molecule has 0 heterocycles. The molecule has 1 fully saturated rings. The molecule has 0 radical (unpaired) electrons. The minimum absolute atomic E-state index is 0.186. The van der Waals surface area contributed by atoms with E-state index in [1.165, 1.54) is 24.2 Å². The van der Waals surface area contributed by atoms with Crippen LogP contribution in [-0.2, 0) is 5.54 Å². The van der Waals surface area contributed by atoms with Crippen LogP contribution in [-0.4, -0.2) is 37.8 Å². The first-order valence-corrected chi connectivity index (χ1v) is 14.0. The molecule has 1 saturated carbocycles. The highest BCUT2D eigenvalue weighted by Crippen LogP contribution is 2.46. The SMILES string of the molecule is CC[Si](C#CCCCC1(O)CCC(c2cccc(F)c2)(N(C)C)CC1)(CC)CC. The molecule has 1 aromatic carbocycles. The van der Waals surface area contributed by atoms with E-state index in [1.54, 1.807) is 12.1 Å². The number of hydrogen-bond donors (Lipinski definition) is 1. The maximum absolute atomic E-state index is 13.8. The third-order valence-electron chi connectivity index (χ3n) is 7.55. The van der Waals surface area contributed by atoms with Crippen LogP contribution in [0.4, 0.5) is 4.39 Å². The fraction of sp³-hybridized carbons (Fsp3) is 0.680. The first kappa shape index (κ1) is 24.1. The molecule has 1 aliphatic carbocycles. The average Bonchev–Trinajstić information content (AvgIpc) is 2.72. The number of nitrogens with zero attached hydrogens (tertiary/aromatic N) is 1. The largest absolute Gasteiger partial charge is 0.390 e. The lowest BCUT2D eigenvalue weighted by Gasteiger charge is -2.48. The van der Waals surface area contributed by atoms with Crippen molar-refractivity contribution in [3.05, 3.63) is 35.6 Å². The van der Waals surface area contributed by atoms with Crippen LogP contribution in [0.3, 0.4) is 0 Å². The summed E-state index contributed by atoms with van der Waals surface area (Å²) in [4.78, 5) is 2.21. The van der Waals surface area contributed by atoms with Gasteiger partial charge in [0.2, 0.25) is 0 Å². The minimum Gasteiger partial charge on any atom is -0.390 e. The normalized spacial score (nSPS) is 25.0. The summed E-state index contributed by atoms with van der Waals surface area (Å²) in [5.41, 5.74) is 3.88. The lowest BCUT2D eigenvalue weighted by molar-refractivity contribution is -0.0523. The molecule has 0 atom stereocenters. The summed E-state index contributed by atoms with van der Waals surface area (Å²) in [5.74, 6) is 3.27. The zero-order valence-electron chi connectivity index (χ0n) is 19.2. The molecule has 0 saturated heterocycles. The van der Waals surface area contributed by atoms with Gasteiger partial charge < -0.3 is 5.11 Å². The van der Waals surface area contributed by atoms with Gasteiger partial charge in [0.05, 0.1) is 5.60 Å². The van der Waals surface area contributed by atoms with Crippen LogP contribution < -0.4 is 0 Å². The molecule has 2 rings (SSSR count). The Bertz CT molecular complexity index is 701. The lowest BCUT2D eigenvalue weighted by atomic mass is 9.69. The Kier molecular flexibility index (Phi) is 8.52. The molecule has 0 aromatic heterocycles. The van der Waals surface area contributed by atoms with Crippen LogP contribution in [0.5, 0.6) is 0 Å². The van der Waals surface area contributed by atoms with Crippen molar-refractivity contribution in [3.8, 4) is 11.5 Å². The van der Waals surface area contributed by atoms with Gasteiger partial charge in [-0.15, -0.1) is 11.5 Å². The van der Waals surface area contributed by atoms with E-state index in [-0.39, 0.29) is 11.4 Å². The average molecular weight is 418 g/mol. The molecule has 0 unspecified atom stereocenters. The standard InChI is InChI=1S/C25H40FNOSi/c1-6-29(7-2,8-3)20-11-9-10-15-24(28)16-18-25(19-17-24,27(4)5)22-13-12-14-23(26)21-22/h12-14,21,28H,6-10,15-19H2,1-5H3. The summed E-state index contributed by atoms with van der Waals surface area (Å²) in [6.45, 7) is 6.86. The highest BCUT2D eigenvalue weighted by molar-refractivity contribution is 6.87. The molecule has 0 bridgehead atoms. The number of benzene rings is 1. The Morgan fingerprint density at radius 2 is 1.69 bits per heavy atom. The molecule has 2 nitrogen and oxygen atoms in total. The van der Waals surface area contributed by atoms with Gasteiger partial charge in [0.25, 0.3) is 0 Å². The Labute approximate surface area is 178 Å². The predicted octanol–water partition coefficient (Wildman–Crippen LogP) is 6.11. The van der Waals surface area contributed by atoms with Gasteiger partial charge in [0.15, 0.2) is 0 Å². The van der Waals surface area contributed by atoms with Crippen LogP contribution in [0, 0.1) is 17.3 Å². The molecule has 1 N–H and O–H groups in total. The van der Waals surface area contributed by atoms with Crippen molar-refractivity contribution in [2.75, 3.05) is 14.1 Å². The summed E-state index contributed by atoms with van der Waals surface area (Å²) in [7, 11) is 2.77. The first-order valence-electron chi connectivity index (χ1n) is 11.4. The number of rotatable bonds is 8. The number of hydrogen-bond acceptors (Lipinski definition) is 2. The topological polar surface area (TPSA) is 23.5 Å². The third-order valence-corrected chi connectivity index (χ3v) is 12.3. The highest BCUT2D eigenvalue weighted by atomic mass is 28.3. The van der Waals surface area contributed by atoms with Crippen molar-refractivity contribution in [3.63, 3.8) is 0 Å². The molecule has 4 heteroatoms. The second-order valence-electron chi connectivity index (χ2n) is 9.16. The fourth-order valence-corrected chi connectivity index (χ4v) is 7.45. The van der Waals surface area contributed by atoms with Crippen molar-refractivity contribution in [1.82, 2.24) is 4.90 Å². The Morgan fingerprint density at radius 3 is 2.21 bits per heavy atom. The maximum atomic E-state index is 13.8. The first-order chi connectivity index (χ1) is 13.7. The van der Waals surface area contributed by atoms with Crippen molar-refractivity contribution >= 4 is 8.07 Å². The zero-order chi connectivity index (χ0) is 21.5. The fourth-order valence-electron chi connectivity index (χ4n) is 4.92. The second kappa shape index (κ2) is 10.2. The van der Waals surface area contributed by atoms with E-state index in [1.807, 2.05) is 6.07 Å². The smallest absolute Gasteiger partial charge is 0.137 e. The van der Waals surface area contributed by atoms with E-state index >= 15 is 0 Å². The second-order valence-corrected chi connectivity index (χ2v) is 14.1. The third kappa shape index (κ3) is 5.72. The summed E-state index contributed by atoms with van der Waals surface area (Å²) < 4.78 is 13.8. The summed E-state index contributed by atoms with van der Waals surface area (Å²) in [5, 5.41) is 11.2. The van der Waals surface area contributed by atoms with Gasteiger partial charge in [-0.1, -0.05) is 32.9 Å². The van der Waals surface area contributed by atoms with Gasteiger partial charge in [0, 0.05) is 12.0 Å². The van der Waals surface area contributed by atoms with Gasteiger partial charge in [-0.2, -0.15) is 0 Å². The maximum Gasteiger partial charge on any atom is 0.137 e. The van der Waals surface area contributed by atoms with Gasteiger partial charge >= 0.3 is 0 Å². The molecule has 0 aliphatic heterocycles. The minimum atomic E-state index is -1.36. The molecule has 1 aromatic rings. The van der Waals surface area contributed by atoms with Crippen LogP contribution in [0.15, 0.2) is 24.3 Å². The van der Waals surface area contributed by atoms with Crippen molar-refractivity contribution in [1.29, 1.82) is 0 Å². The van der Waals surface area contributed by atoms with E-state index in [0.717, 1.165) is 50.5 Å². The lowest BCUT2D eigenvalue weighted by Crippen LogP contribution is -2.49. The number of unbranched alkanes of at least 4 members (excludes halogenated alkanes) is 1. The Morgan fingerprint density at radius 1 is 1.07 bits per heavy atom. The predicted molar refractivity (Wildman–Crippen MR) is 124 cm³/mol. The summed E-state index contributed by atoms with van der Waals surface area (Å²) >= 11 is 0. The Hall–Kier alpha value is -1.15. The van der Waals surface area contributed by atoms with Crippen LogP contribution >= 0.6 is 0 Å². The molecular formula is C25H40FNOSi.